The lowest BCUT2D eigenvalue weighted by atomic mass is 9.94. The summed E-state index contributed by atoms with van der Waals surface area (Å²) in [7, 11) is 0. The van der Waals surface area contributed by atoms with Crippen LogP contribution in [0.5, 0.6) is 0 Å². The van der Waals surface area contributed by atoms with E-state index in [0.717, 1.165) is 28.9 Å². The molecule has 0 bridgehead atoms. The van der Waals surface area contributed by atoms with Crippen molar-refractivity contribution in [2.75, 3.05) is 0 Å². The Morgan fingerprint density at radius 3 is 2.54 bits per heavy atom. The standard InChI is InChI=1S/C22H29N5O/c1-6-17-7-9-18(10-8-17)21(14(2)3)26-20(28)12-11-19-15(4)25-22-23-13-24-27(22)16(19)5/h7-10,13-14,21H,6,11-12H2,1-5H3,(H,26,28). The lowest BCUT2D eigenvalue weighted by Crippen LogP contribution is -2.32. The summed E-state index contributed by atoms with van der Waals surface area (Å²) in [6, 6.07) is 8.54. The molecule has 6 nitrogen and oxygen atoms in total. The van der Waals surface area contributed by atoms with E-state index in [0.29, 0.717) is 24.5 Å². The van der Waals surface area contributed by atoms with Gasteiger partial charge in [0.2, 0.25) is 5.91 Å². The molecule has 3 aromatic rings. The Kier molecular flexibility index (Phi) is 6.07. The van der Waals surface area contributed by atoms with Gasteiger partial charge in [-0.05, 0) is 49.3 Å². The molecule has 2 aromatic heterocycles. The van der Waals surface area contributed by atoms with Crippen molar-refractivity contribution in [2.24, 2.45) is 5.92 Å². The van der Waals surface area contributed by atoms with Gasteiger partial charge >= 0.3 is 0 Å². The minimum absolute atomic E-state index is 0.0107. The van der Waals surface area contributed by atoms with Gasteiger partial charge in [0.05, 0.1) is 6.04 Å². The Bertz CT molecular complexity index is 959. The van der Waals surface area contributed by atoms with Crippen molar-refractivity contribution in [3.8, 4) is 0 Å². The zero-order chi connectivity index (χ0) is 20.3. The van der Waals surface area contributed by atoms with Crippen molar-refractivity contribution in [3.63, 3.8) is 0 Å². The molecule has 0 aliphatic carbocycles. The molecule has 0 fully saturated rings. The van der Waals surface area contributed by atoms with Crippen molar-refractivity contribution in [3.05, 3.63) is 58.7 Å². The maximum absolute atomic E-state index is 12.7. The number of aromatic nitrogens is 4. The first-order valence-corrected chi connectivity index (χ1v) is 9.94. The number of hydrogen-bond acceptors (Lipinski definition) is 4. The number of nitrogens with one attached hydrogen (secondary N) is 1. The fourth-order valence-electron chi connectivity index (χ4n) is 3.60. The van der Waals surface area contributed by atoms with E-state index < -0.39 is 0 Å². The van der Waals surface area contributed by atoms with Crippen molar-refractivity contribution in [1.82, 2.24) is 24.9 Å². The lowest BCUT2D eigenvalue weighted by molar-refractivity contribution is -0.122. The number of rotatable bonds is 7. The second-order valence-electron chi connectivity index (χ2n) is 7.62. The second-order valence-corrected chi connectivity index (χ2v) is 7.62. The number of benzene rings is 1. The van der Waals surface area contributed by atoms with Crippen LogP contribution in [0.4, 0.5) is 0 Å². The highest BCUT2D eigenvalue weighted by atomic mass is 16.1. The summed E-state index contributed by atoms with van der Waals surface area (Å²) in [6.45, 7) is 10.4. The Labute approximate surface area is 166 Å². The first kappa shape index (κ1) is 20.0. The highest BCUT2D eigenvalue weighted by molar-refractivity contribution is 5.76. The third kappa shape index (κ3) is 4.21. The smallest absolute Gasteiger partial charge is 0.252 e. The van der Waals surface area contributed by atoms with Crippen LogP contribution in [0.15, 0.2) is 30.6 Å². The van der Waals surface area contributed by atoms with Crippen LogP contribution in [0.3, 0.4) is 0 Å². The van der Waals surface area contributed by atoms with Gasteiger partial charge in [0.25, 0.3) is 5.78 Å². The number of aryl methyl sites for hydroxylation is 3. The topological polar surface area (TPSA) is 72.2 Å². The fraction of sp³-hybridized carbons (Fsp3) is 0.455. The van der Waals surface area contributed by atoms with E-state index in [4.69, 9.17) is 0 Å². The quantitative estimate of drug-likeness (QED) is 0.679. The number of nitrogens with zero attached hydrogens (tertiary/aromatic N) is 4. The summed E-state index contributed by atoms with van der Waals surface area (Å²) in [6.07, 6.45) is 3.57. The summed E-state index contributed by atoms with van der Waals surface area (Å²) in [4.78, 5) is 21.3. The Morgan fingerprint density at radius 2 is 1.89 bits per heavy atom. The molecule has 0 saturated carbocycles. The summed E-state index contributed by atoms with van der Waals surface area (Å²) >= 11 is 0. The third-order valence-corrected chi connectivity index (χ3v) is 5.32. The molecule has 28 heavy (non-hydrogen) atoms. The zero-order valence-corrected chi connectivity index (χ0v) is 17.4. The molecule has 6 heteroatoms. The van der Waals surface area contributed by atoms with E-state index in [1.807, 2.05) is 13.8 Å². The van der Waals surface area contributed by atoms with Crippen LogP contribution in [-0.4, -0.2) is 25.5 Å². The third-order valence-electron chi connectivity index (χ3n) is 5.32. The number of carbonyl (C=O) groups excluding carboxylic acids is 1. The summed E-state index contributed by atoms with van der Waals surface area (Å²) in [5.41, 5.74) is 5.41. The van der Waals surface area contributed by atoms with E-state index in [1.165, 1.54) is 11.9 Å². The van der Waals surface area contributed by atoms with E-state index in [9.17, 15) is 4.79 Å². The summed E-state index contributed by atoms with van der Waals surface area (Å²) in [5.74, 6) is 0.961. The molecule has 1 unspecified atom stereocenters. The molecule has 0 aliphatic rings. The predicted molar refractivity (Wildman–Crippen MR) is 110 cm³/mol. The van der Waals surface area contributed by atoms with Crippen LogP contribution >= 0.6 is 0 Å². The van der Waals surface area contributed by atoms with Gasteiger partial charge in [-0.3, -0.25) is 4.79 Å². The van der Waals surface area contributed by atoms with Crippen LogP contribution in [-0.2, 0) is 17.6 Å². The minimum atomic E-state index is 0.0107. The molecular weight excluding hydrogens is 350 g/mol. The molecule has 0 aliphatic heterocycles. The van der Waals surface area contributed by atoms with Gasteiger partial charge in [0.1, 0.15) is 6.33 Å². The van der Waals surface area contributed by atoms with Crippen LogP contribution in [0.25, 0.3) is 5.78 Å². The van der Waals surface area contributed by atoms with Crippen molar-refractivity contribution in [2.45, 2.75) is 59.9 Å². The van der Waals surface area contributed by atoms with E-state index in [2.05, 4.69) is 65.4 Å². The van der Waals surface area contributed by atoms with Crippen LogP contribution < -0.4 is 5.32 Å². The Balaban J connectivity index is 1.70. The first-order valence-electron chi connectivity index (χ1n) is 9.94. The molecule has 148 valence electrons. The van der Waals surface area contributed by atoms with Gasteiger partial charge in [0.15, 0.2) is 0 Å². The lowest BCUT2D eigenvalue weighted by Gasteiger charge is -2.23. The maximum Gasteiger partial charge on any atom is 0.252 e. The molecule has 1 N–H and O–H groups in total. The Hall–Kier alpha value is -2.76. The highest BCUT2D eigenvalue weighted by Crippen LogP contribution is 2.23. The number of amides is 1. The number of fused-ring (bicyclic) bond motifs is 1. The molecule has 1 atom stereocenters. The summed E-state index contributed by atoms with van der Waals surface area (Å²) < 4.78 is 1.73. The van der Waals surface area contributed by atoms with Crippen LogP contribution in [0.2, 0.25) is 0 Å². The van der Waals surface area contributed by atoms with Crippen LogP contribution in [0.1, 0.15) is 61.3 Å². The zero-order valence-electron chi connectivity index (χ0n) is 17.4. The maximum atomic E-state index is 12.7. The average molecular weight is 380 g/mol. The SMILES string of the molecule is CCc1ccc(C(NC(=O)CCc2c(C)nc3ncnn3c2C)C(C)C)cc1. The monoisotopic (exact) mass is 379 g/mol. The first-order chi connectivity index (χ1) is 13.4. The average Bonchev–Trinajstić information content (AvgIpc) is 3.14. The summed E-state index contributed by atoms with van der Waals surface area (Å²) in [5, 5.41) is 7.43. The molecule has 0 saturated heterocycles. The molecule has 0 radical (unpaired) electrons. The normalized spacial score (nSPS) is 12.5. The highest BCUT2D eigenvalue weighted by Gasteiger charge is 2.19. The predicted octanol–water partition coefficient (Wildman–Crippen LogP) is 3.75. The Morgan fingerprint density at radius 1 is 1.18 bits per heavy atom. The van der Waals surface area contributed by atoms with Crippen molar-refractivity contribution >= 4 is 11.7 Å². The van der Waals surface area contributed by atoms with Gasteiger partial charge in [0, 0.05) is 17.8 Å². The fourth-order valence-corrected chi connectivity index (χ4v) is 3.60. The molecule has 1 amide bonds. The van der Waals surface area contributed by atoms with Crippen molar-refractivity contribution in [1.29, 1.82) is 0 Å². The number of hydrogen-bond donors (Lipinski definition) is 1. The van der Waals surface area contributed by atoms with Gasteiger partial charge in [-0.15, -0.1) is 0 Å². The molecule has 0 spiro atoms. The van der Waals surface area contributed by atoms with E-state index >= 15 is 0 Å². The largest absolute Gasteiger partial charge is 0.349 e. The minimum Gasteiger partial charge on any atom is -0.349 e. The molecular formula is C22H29N5O. The molecule has 2 heterocycles. The van der Waals surface area contributed by atoms with Gasteiger partial charge in [-0.1, -0.05) is 45.0 Å². The van der Waals surface area contributed by atoms with Gasteiger partial charge in [-0.2, -0.15) is 10.1 Å². The molecule has 1 aromatic carbocycles. The molecule has 3 rings (SSSR count). The van der Waals surface area contributed by atoms with Gasteiger partial charge in [-0.25, -0.2) is 9.50 Å². The second kappa shape index (κ2) is 8.50. The van der Waals surface area contributed by atoms with Crippen molar-refractivity contribution < 1.29 is 4.79 Å². The van der Waals surface area contributed by atoms with E-state index in [-0.39, 0.29) is 11.9 Å². The van der Waals surface area contributed by atoms with Gasteiger partial charge < -0.3 is 5.32 Å². The van der Waals surface area contributed by atoms with Crippen LogP contribution in [0, 0.1) is 19.8 Å². The number of carbonyl (C=O) groups is 1. The van der Waals surface area contributed by atoms with E-state index in [1.54, 1.807) is 4.52 Å².